The minimum Gasteiger partial charge on any atom is -0.494 e. The second-order valence-electron chi connectivity index (χ2n) is 7.63. The summed E-state index contributed by atoms with van der Waals surface area (Å²) in [4.78, 5) is 16.9. The van der Waals surface area contributed by atoms with E-state index in [2.05, 4.69) is 15.4 Å². The Hall–Kier alpha value is -3.24. The lowest BCUT2D eigenvalue weighted by Crippen LogP contribution is -2.38. The number of amidine groups is 1. The maximum absolute atomic E-state index is 13.6. The summed E-state index contributed by atoms with van der Waals surface area (Å²) >= 11 is 0. The molecule has 1 unspecified atom stereocenters. The molecular formula is C22H29FN6O3. The SMILES string of the molecule is COc1cc(CNC(=O)c2cc(/C(N)=N/N(N)CC3CCCCO3)cc(C)n2)ccc1F. The lowest BCUT2D eigenvalue weighted by atomic mass is 10.1. The van der Waals surface area contributed by atoms with Crippen LogP contribution in [0.15, 0.2) is 35.4 Å². The molecule has 0 radical (unpaired) electrons. The van der Waals surface area contributed by atoms with Gasteiger partial charge in [0.05, 0.1) is 19.8 Å². The highest BCUT2D eigenvalue weighted by Crippen LogP contribution is 2.18. The van der Waals surface area contributed by atoms with Crippen molar-refractivity contribution >= 4 is 11.7 Å². The Kier molecular flexibility index (Phi) is 7.96. The van der Waals surface area contributed by atoms with Crippen LogP contribution in [0, 0.1) is 12.7 Å². The van der Waals surface area contributed by atoms with E-state index in [1.807, 2.05) is 0 Å². The number of nitrogens with two attached hydrogens (primary N) is 2. The summed E-state index contributed by atoms with van der Waals surface area (Å²) in [7, 11) is 1.38. The zero-order chi connectivity index (χ0) is 23.1. The Labute approximate surface area is 186 Å². The number of hydrogen-bond acceptors (Lipinski definition) is 7. The summed E-state index contributed by atoms with van der Waals surface area (Å²) in [5.74, 6) is 5.40. The molecule has 1 aromatic carbocycles. The summed E-state index contributed by atoms with van der Waals surface area (Å²) in [6.45, 7) is 3.10. The molecule has 10 heteroatoms. The van der Waals surface area contributed by atoms with Gasteiger partial charge in [0.2, 0.25) is 0 Å². The number of hydrazone groups is 1. The van der Waals surface area contributed by atoms with Gasteiger partial charge in [-0.3, -0.25) is 4.79 Å². The van der Waals surface area contributed by atoms with Crippen LogP contribution in [0.2, 0.25) is 0 Å². The summed E-state index contributed by atoms with van der Waals surface area (Å²) in [5, 5.41) is 8.25. The molecule has 1 atom stereocenters. The maximum Gasteiger partial charge on any atom is 0.270 e. The zero-order valence-electron chi connectivity index (χ0n) is 18.3. The molecule has 1 aliphatic heterocycles. The molecule has 0 saturated carbocycles. The first kappa shape index (κ1) is 23.4. The van der Waals surface area contributed by atoms with Gasteiger partial charge in [-0.2, -0.15) is 0 Å². The van der Waals surface area contributed by atoms with Crippen molar-refractivity contribution in [2.24, 2.45) is 16.7 Å². The average molecular weight is 445 g/mol. The lowest BCUT2D eigenvalue weighted by Gasteiger charge is -2.25. The lowest BCUT2D eigenvalue weighted by molar-refractivity contribution is -0.00546. The van der Waals surface area contributed by atoms with Crippen molar-refractivity contribution in [2.45, 2.75) is 38.8 Å². The Balaban J connectivity index is 1.66. The number of aromatic nitrogens is 1. The topological polar surface area (TPSA) is 128 Å². The first-order valence-corrected chi connectivity index (χ1v) is 10.4. The van der Waals surface area contributed by atoms with Gasteiger partial charge in [-0.1, -0.05) is 6.07 Å². The highest BCUT2D eigenvalue weighted by molar-refractivity contribution is 6.00. The first-order chi connectivity index (χ1) is 15.4. The monoisotopic (exact) mass is 444 g/mol. The average Bonchev–Trinajstić information content (AvgIpc) is 2.78. The molecule has 2 aromatic rings. The minimum absolute atomic E-state index is 0.0240. The normalized spacial score (nSPS) is 16.5. The summed E-state index contributed by atoms with van der Waals surface area (Å²) in [6, 6.07) is 7.67. The highest BCUT2D eigenvalue weighted by atomic mass is 19.1. The number of nitrogens with zero attached hydrogens (tertiary/aromatic N) is 3. The van der Waals surface area contributed by atoms with Crippen molar-refractivity contribution in [3.05, 3.63) is 58.7 Å². The number of hydrazine groups is 1. The molecule has 0 spiro atoms. The third-order valence-electron chi connectivity index (χ3n) is 5.05. The number of rotatable bonds is 8. The van der Waals surface area contributed by atoms with E-state index in [0.717, 1.165) is 25.9 Å². The fourth-order valence-electron chi connectivity index (χ4n) is 3.42. The Morgan fingerprint density at radius 1 is 1.38 bits per heavy atom. The smallest absolute Gasteiger partial charge is 0.270 e. The van der Waals surface area contributed by atoms with Crippen LogP contribution in [0.4, 0.5) is 4.39 Å². The third-order valence-corrected chi connectivity index (χ3v) is 5.05. The van der Waals surface area contributed by atoms with Gasteiger partial charge in [0, 0.05) is 24.4 Å². The quantitative estimate of drug-likeness (QED) is 0.245. The molecule has 5 N–H and O–H groups in total. The van der Waals surface area contributed by atoms with Crippen molar-refractivity contribution in [1.82, 2.24) is 15.4 Å². The van der Waals surface area contributed by atoms with E-state index in [1.165, 1.54) is 24.4 Å². The van der Waals surface area contributed by atoms with Gasteiger partial charge >= 0.3 is 0 Å². The van der Waals surface area contributed by atoms with E-state index in [4.69, 9.17) is 21.1 Å². The van der Waals surface area contributed by atoms with Gasteiger partial charge in [0.25, 0.3) is 5.91 Å². The van der Waals surface area contributed by atoms with Gasteiger partial charge in [-0.05, 0) is 56.0 Å². The second-order valence-corrected chi connectivity index (χ2v) is 7.63. The van der Waals surface area contributed by atoms with Crippen molar-refractivity contribution in [2.75, 3.05) is 20.3 Å². The van der Waals surface area contributed by atoms with Crippen LogP contribution in [0.1, 0.15) is 46.6 Å². The molecule has 2 heterocycles. The van der Waals surface area contributed by atoms with Gasteiger partial charge in [-0.25, -0.2) is 20.3 Å². The molecule has 1 saturated heterocycles. The number of carbonyl (C=O) groups excluding carboxylic acids is 1. The molecular weight excluding hydrogens is 415 g/mol. The van der Waals surface area contributed by atoms with E-state index in [0.29, 0.717) is 23.4 Å². The number of benzene rings is 1. The maximum atomic E-state index is 13.6. The Bertz CT molecular complexity index is 978. The standard InChI is InChI=1S/C22H29FN6O3/c1-14-9-16(21(24)28-29(25)13-17-5-3-4-8-32-17)11-19(27-14)22(30)26-12-15-6-7-18(23)20(10-15)31-2/h6-7,9-11,17H,3-5,8,12-13,25H2,1-2H3,(H2,24,28)(H,26,30). The molecule has 1 aromatic heterocycles. The molecule has 1 amide bonds. The minimum atomic E-state index is -0.466. The molecule has 1 fully saturated rings. The van der Waals surface area contributed by atoms with E-state index in [1.54, 1.807) is 25.1 Å². The Morgan fingerprint density at radius 3 is 2.91 bits per heavy atom. The van der Waals surface area contributed by atoms with Crippen molar-refractivity contribution < 1.29 is 18.7 Å². The molecule has 0 bridgehead atoms. The molecule has 3 rings (SSSR count). The molecule has 0 aliphatic carbocycles. The van der Waals surface area contributed by atoms with Crippen molar-refractivity contribution in [1.29, 1.82) is 0 Å². The Morgan fingerprint density at radius 2 is 2.19 bits per heavy atom. The number of carbonyl (C=O) groups is 1. The van der Waals surface area contributed by atoms with Crippen molar-refractivity contribution in [3.8, 4) is 5.75 Å². The van der Waals surface area contributed by atoms with Gasteiger partial charge < -0.3 is 20.5 Å². The summed E-state index contributed by atoms with van der Waals surface area (Å²) < 4.78 is 24.2. The number of aryl methyl sites for hydroxylation is 1. The first-order valence-electron chi connectivity index (χ1n) is 10.4. The second kappa shape index (κ2) is 10.9. The van der Waals surface area contributed by atoms with Crippen LogP contribution in [0.25, 0.3) is 0 Å². The van der Waals surface area contributed by atoms with Crippen LogP contribution in [0.5, 0.6) is 5.75 Å². The largest absolute Gasteiger partial charge is 0.494 e. The van der Waals surface area contributed by atoms with E-state index < -0.39 is 11.7 Å². The van der Waals surface area contributed by atoms with Crippen LogP contribution >= 0.6 is 0 Å². The van der Waals surface area contributed by atoms with E-state index in [-0.39, 0.29) is 29.9 Å². The fourth-order valence-corrected chi connectivity index (χ4v) is 3.42. The molecule has 32 heavy (non-hydrogen) atoms. The predicted octanol–water partition coefficient (Wildman–Crippen LogP) is 1.83. The molecule has 1 aliphatic rings. The number of methoxy groups -OCH3 is 1. The molecule has 9 nitrogen and oxygen atoms in total. The third kappa shape index (κ3) is 6.38. The predicted molar refractivity (Wildman–Crippen MR) is 118 cm³/mol. The summed E-state index contributed by atoms with van der Waals surface area (Å²) in [6.07, 6.45) is 3.12. The number of nitrogens with one attached hydrogen (secondary N) is 1. The molecule has 172 valence electrons. The number of amides is 1. The number of hydrogen-bond donors (Lipinski definition) is 3. The van der Waals surface area contributed by atoms with Gasteiger partial charge in [0.15, 0.2) is 17.4 Å². The number of halogens is 1. The van der Waals surface area contributed by atoms with Crippen LogP contribution < -0.4 is 21.6 Å². The van der Waals surface area contributed by atoms with Crippen LogP contribution in [0.3, 0.4) is 0 Å². The van der Waals surface area contributed by atoms with Gasteiger partial charge in [0.1, 0.15) is 5.69 Å². The fraction of sp³-hybridized carbons (Fsp3) is 0.409. The van der Waals surface area contributed by atoms with Crippen LogP contribution in [-0.2, 0) is 11.3 Å². The summed E-state index contributed by atoms with van der Waals surface area (Å²) in [5.41, 5.74) is 8.14. The number of pyridine rings is 1. The van der Waals surface area contributed by atoms with Crippen LogP contribution in [-0.4, -0.2) is 48.2 Å². The number of ether oxygens (including phenoxy) is 2. The van der Waals surface area contributed by atoms with Crippen molar-refractivity contribution in [3.63, 3.8) is 0 Å². The van der Waals surface area contributed by atoms with E-state index in [9.17, 15) is 9.18 Å². The van der Waals surface area contributed by atoms with E-state index >= 15 is 0 Å². The zero-order valence-corrected chi connectivity index (χ0v) is 18.3. The highest BCUT2D eigenvalue weighted by Gasteiger charge is 2.17. The van der Waals surface area contributed by atoms with Gasteiger partial charge in [-0.15, -0.1) is 5.10 Å².